The van der Waals surface area contributed by atoms with Crippen LogP contribution >= 0.6 is 0 Å². The summed E-state index contributed by atoms with van der Waals surface area (Å²) in [6.45, 7) is 6.11. The fourth-order valence-electron chi connectivity index (χ4n) is 2.54. The van der Waals surface area contributed by atoms with Gasteiger partial charge in [0.1, 0.15) is 11.9 Å². The third kappa shape index (κ3) is 2.91. The summed E-state index contributed by atoms with van der Waals surface area (Å²) in [4.78, 5) is 0. The lowest BCUT2D eigenvalue weighted by Gasteiger charge is -2.16. The van der Waals surface area contributed by atoms with E-state index in [0.717, 1.165) is 24.0 Å². The van der Waals surface area contributed by atoms with E-state index in [4.69, 9.17) is 0 Å². The summed E-state index contributed by atoms with van der Waals surface area (Å²) >= 11 is 0. The molecule has 1 N–H and O–H groups in total. The van der Waals surface area contributed by atoms with E-state index in [1.165, 1.54) is 17.2 Å². The molecule has 0 aliphatic carbocycles. The second-order valence-corrected chi connectivity index (χ2v) is 5.16. The van der Waals surface area contributed by atoms with E-state index in [-0.39, 0.29) is 5.82 Å². The maximum atomic E-state index is 13.9. The monoisotopic (exact) mass is 272 g/mol. The van der Waals surface area contributed by atoms with Gasteiger partial charge in [-0.05, 0) is 42.5 Å². The third-order valence-electron chi connectivity index (χ3n) is 3.75. The first kappa shape index (κ1) is 14.7. The van der Waals surface area contributed by atoms with Crippen molar-refractivity contribution in [3.05, 3.63) is 70.0 Å². The second kappa shape index (κ2) is 6.19. The molecule has 106 valence electrons. The van der Waals surface area contributed by atoms with Gasteiger partial charge in [0.15, 0.2) is 0 Å². The summed E-state index contributed by atoms with van der Waals surface area (Å²) in [6.07, 6.45) is 0.976. The van der Waals surface area contributed by atoms with E-state index in [9.17, 15) is 9.50 Å². The van der Waals surface area contributed by atoms with E-state index in [2.05, 4.69) is 13.8 Å². The van der Waals surface area contributed by atoms with Crippen LogP contribution in [-0.2, 0) is 12.8 Å². The van der Waals surface area contributed by atoms with Crippen molar-refractivity contribution in [2.24, 2.45) is 0 Å². The van der Waals surface area contributed by atoms with Crippen molar-refractivity contribution in [3.8, 4) is 0 Å². The molecule has 20 heavy (non-hydrogen) atoms. The maximum absolute atomic E-state index is 13.9. The molecule has 1 unspecified atom stereocenters. The van der Waals surface area contributed by atoms with Crippen LogP contribution in [0.1, 0.15) is 47.8 Å². The Morgan fingerprint density at radius 2 is 1.70 bits per heavy atom. The summed E-state index contributed by atoms with van der Waals surface area (Å²) in [5.74, 6) is -0.360. The highest BCUT2D eigenvalue weighted by molar-refractivity contribution is 5.38. The van der Waals surface area contributed by atoms with E-state index in [1.807, 2.05) is 25.1 Å². The van der Waals surface area contributed by atoms with E-state index in [1.54, 1.807) is 12.1 Å². The van der Waals surface area contributed by atoms with Crippen LogP contribution in [0.15, 0.2) is 36.4 Å². The summed E-state index contributed by atoms with van der Waals surface area (Å²) in [5, 5.41) is 10.4. The van der Waals surface area contributed by atoms with Gasteiger partial charge >= 0.3 is 0 Å². The fraction of sp³-hybridized carbons (Fsp3) is 0.333. The maximum Gasteiger partial charge on any atom is 0.129 e. The minimum atomic E-state index is -0.911. The number of hydrogen-bond donors (Lipinski definition) is 1. The molecule has 2 rings (SSSR count). The minimum absolute atomic E-state index is 0.344. The Kier molecular flexibility index (Phi) is 4.56. The fourth-order valence-corrected chi connectivity index (χ4v) is 2.54. The van der Waals surface area contributed by atoms with Gasteiger partial charge in [-0.25, -0.2) is 4.39 Å². The van der Waals surface area contributed by atoms with Crippen molar-refractivity contribution in [1.82, 2.24) is 0 Å². The lowest BCUT2D eigenvalue weighted by Crippen LogP contribution is -2.05. The molecule has 0 bridgehead atoms. The highest BCUT2D eigenvalue weighted by Crippen LogP contribution is 2.27. The molecule has 2 aromatic rings. The van der Waals surface area contributed by atoms with Crippen LogP contribution in [0, 0.1) is 12.7 Å². The number of hydrogen-bond acceptors (Lipinski definition) is 1. The van der Waals surface area contributed by atoms with Gasteiger partial charge in [0, 0.05) is 5.56 Å². The predicted molar refractivity (Wildman–Crippen MR) is 80.4 cm³/mol. The van der Waals surface area contributed by atoms with E-state index < -0.39 is 6.10 Å². The molecule has 0 aliphatic rings. The molecule has 0 aromatic heterocycles. The average molecular weight is 272 g/mol. The topological polar surface area (TPSA) is 20.2 Å². The first-order valence-corrected chi connectivity index (χ1v) is 7.12. The van der Waals surface area contributed by atoms with Crippen LogP contribution < -0.4 is 0 Å². The Balaban J connectivity index is 2.42. The number of benzene rings is 2. The van der Waals surface area contributed by atoms with Crippen LogP contribution in [0.2, 0.25) is 0 Å². The zero-order valence-electron chi connectivity index (χ0n) is 12.3. The van der Waals surface area contributed by atoms with E-state index in [0.29, 0.717) is 5.56 Å². The van der Waals surface area contributed by atoms with Crippen molar-refractivity contribution in [1.29, 1.82) is 0 Å². The molecule has 2 aromatic carbocycles. The van der Waals surface area contributed by atoms with Crippen LogP contribution in [0.4, 0.5) is 4.39 Å². The molecule has 0 fully saturated rings. The quantitative estimate of drug-likeness (QED) is 0.877. The van der Waals surface area contributed by atoms with Gasteiger partial charge in [-0.2, -0.15) is 0 Å². The van der Waals surface area contributed by atoms with Crippen LogP contribution in [0.25, 0.3) is 0 Å². The molecule has 0 radical (unpaired) electrons. The molecule has 0 heterocycles. The highest BCUT2D eigenvalue weighted by atomic mass is 19.1. The molecule has 0 saturated heterocycles. The summed E-state index contributed by atoms with van der Waals surface area (Å²) in [5.41, 5.74) is 4.55. The summed E-state index contributed by atoms with van der Waals surface area (Å²) < 4.78 is 13.9. The molecule has 0 saturated carbocycles. The first-order valence-electron chi connectivity index (χ1n) is 7.12. The van der Waals surface area contributed by atoms with Crippen molar-refractivity contribution >= 4 is 0 Å². The Bertz CT molecular complexity index is 604. The number of rotatable bonds is 4. The molecule has 2 heteroatoms. The van der Waals surface area contributed by atoms with Gasteiger partial charge in [0.25, 0.3) is 0 Å². The Hall–Kier alpha value is -1.67. The lowest BCUT2D eigenvalue weighted by molar-refractivity contribution is 0.214. The Morgan fingerprint density at radius 1 is 1.00 bits per heavy atom. The molecular formula is C18H21FO. The lowest BCUT2D eigenvalue weighted by atomic mass is 9.94. The van der Waals surface area contributed by atoms with Crippen molar-refractivity contribution < 1.29 is 9.50 Å². The molecule has 0 amide bonds. The normalized spacial score (nSPS) is 12.4. The Morgan fingerprint density at radius 3 is 2.35 bits per heavy atom. The van der Waals surface area contributed by atoms with Gasteiger partial charge < -0.3 is 5.11 Å². The van der Waals surface area contributed by atoms with Gasteiger partial charge in [-0.3, -0.25) is 0 Å². The molecule has 1 atom stereocenters. The second-order valence-electron chi connectivity index (χ2n) is 5.16. The zero-order valence-corrected chi connectivity index (χ0v) is 12.3. The highest BCUT2D eigenvalue weighted by Gasteiger charge is 2.16. The van der Waals surface area contributed by atoms with Crippen LogP contribution in [0.5, 0.6) is 0 Å². The number of halogens is 1. The summed E-state index contributed by atoms with van der Waals surface area (Å²) in [6, 6.07) is 10.7. The Labute approximate surface area is 120 Å². The summed E-state index contributed by atoms with van der Waals surface area (Å²) in [7, 11) is 0. The number of aliphatic hydroxyl groups is 1. The number of aryl methyl sites for hydroxylation is 3. The molecular weight excluding hydrogens is 251 g/mol. The van der Waals surface area contributed by atoms with Gasteiger partial charge in [0.2, 0.25) is 0 Å². The third-order valence-corrected chi connectivity index (χ3v) is 3.75. The van der Waals surface area contributed by atoms with E-state index >= 15 is 0 Å². The smallest absolute Gasteiger partial charge is 0.129 e. The standard InChI is InChI=1S/C18H21FO/c1-4-13-7-8-15(11-14(13)5-2)18(20)16-10-12(3)6-9-17(16)19/h6-11,18,20H,4-5H2,1-3H3. The minimum Gasteiger partial charge on any atom is -0.384 e. The molecule has 0 aliphatic heterocycles. The van der Waals surface area contributed by atoms with Crippen molar-refractivity contribution in [3.63, 3.8) is 0 Å². The van der Waals surface area contributed by atoms with Gasteiger partial charge in [0.05, 0.1) is 0 Å². The van der Waals surface area contributed by atoms with Crippen LogP contribution in [0.3, 0.4) is 0 Å². The number of aliphatic hydroxyl groups excluding tert-OH is 1. The zero-order chi connectivity index (χ0) is 14.7. The average Bonchev–Trinajstić information content (AvgIpc) is 2.48. The van der Waals surface area contributed by atoms with Gasteiger partial charge in [-0.1, -0.05) is 49.7 Å². The predicted octanol–water partition coefficient (Wildman–Crippen LogP) is 4.34. The largest absolute Gasteiger partial charge is 0.384 e. The van der Waals surface area contributed by atoms with Crippen LogP contribution in [-0.4, -0.2) is 5.11 Å². The first-order chi connectivity index (χ1) is 9.56. The SMILES string of the molecule is CCc1ccc(C(O)c2cc(C)ccc2F)cc1CC. The van der Waals surface area contributed by atoms with Crippen molar-refractivity contribution in [2.45, 2.75) is 39.7 Å². The van der Waals surface area contributed by atoms with Crippen molar-refractivity contribution in [2.75, 3.05) is 0 Å². The van der Waals surface area contributed by atoms with Gasteiger partial charge in [-0.15, -0.1) is 0 Å². The molecule has 1 nitrogen and oxygen atoms in total. The molecule has 0 spiro atoms.